The first-order valence-electron chi connectivity index (χ1n) is 5.01. The van der Waals surface area contributed by atoms with Gasteiger partial charge >= 0.3 is 0 Å². The molecule has 0 aliphatic heterocycles. The molecular weight excluding hydrogens is 172 g/mol. The van der Waals surface area contributed by atoms with Gasteiger partial charge in [0.15, 0.2) is 0 Å². The Labute approximate surface area is 83.0 Å². The van der Waals surface area contributed by atoms with Crippen molar-refractivity contribution in [2.45, 2.75) is 32.0 Å². The quantitative estimate of drug-likeness (QED) is 0.506. The van der Waals surface area contributed by atoms with Crippen LogP contribution in [0.25, 0.3) is 0 Å². The van der Waals surface area contributed by atoms with E-state index in [1.165, 1.54) is 12.5 Å². The van der Waals surface area contributed by atoms with Crippen molar-refractivity contribution in [2.24, 2.45) is 0 Å². The number of benzene rings is 1. The minimum absolute atomic E-state index is 1.07. The van der Waals surface area contributed by atoms with Crippen LogP contribution >= 0.6 is 0 Å². The molecule has 0 aliphatic carbocycles. The molecule has 0 atom stereocenters. The lowest BCUT2D eigenvalue weighted by Crippen LogP contribution is -2.40. The highest BCUT2D eigenvalue weighted by molar-refractivity contribution is 6.89. The third-order valence-corrected chi connectivity index (χ3v) is 6.11. The van der Waals surface area contributed by atoms with E-state index in [9.17, 15) is 0 Å². The van der Waals surface area contributed by atoms with Crippen LogP contribution in [0, 0.1) is 6.92 Å². The second-order valence-corrected chi connectivity index (χ2v) is 9.05. The van der Waals surface area contributed by atoms with Gasteiger partial charge in [0, 0.05) is 0 Å². The zero-order valence-corrected chi connectivity index (χ0v) is 9.72. The summed E-state index contributed by atoms with van der Waals surface area (Å²) in [5, 5.41) is 1.57. The summed E-state index contributed by atoms with van der Waals surface area (Å²) >= 11 is 0. The topological polar surface area (TPSA) is 0 Å². The van der Waals surface area contributed by atoms with Gasteiger partial charge in [-0.3, -0.25) is 0 Å². The molecule has 0 bridgehead atoms. The highest BCUT2D eigenvalue weighted by Gasteiger charge is 2.21. The van der Waals surface area contributed by atoms with Crippen LogP contribution in [0.1, 0.15) is 12.8 Å². The van der Waals surface area contributed by atoms with E-state index >= 15 is 0 Å². The molecule has 0 aliphatic rings. The Bertz CT molecular complexity index is 239. The Morgan fingerprint density at radius 2 is 1.77 bits per heavy atom. The van der Waals surface area contributed by atoms with Gasteiger partial charge in [0.25, 0.3) is 0 Å². The van der Waals surface area contributed by atoms with Gasteiger partial charge in [0.1, 0.15) is 0 Å². The molecule has 13 heavy (non-hydrogen) atoms. The van der Waals surface area contributed by atoms with E-state index < -0.39 is 8.07 Å². The van der Waals surface area contributed by atoms with Crippen molar-refractivity contribution in [3.8, 4) is 0 Å². The molecule has 1 aromatic rings. The first kappa shape index (κ1) is 10.5. The molecule has 1 aromatic carbocycles. The van der Waals surface area contributed by atoms with Crippen molar-refractivity contribution in [3.05, 3.63) is 37.3 Å². The molecule has 0 aromatic heterocycles. The summed E-state index contributed by atoms with van der Waals surface area (Å²) in [5.74, 6) is 0. The van der Waals surface area contributed by atoms with Crippen molar-refractivity contribution in [2.75, 3.05) is 0 Å². The van der Waals surface area contributed by atoms with Crippen molar-refractivity contribution in [1.29, 1.82) is 0 Å². The van der Waals surface area contributed by atoms with E-state index in [1.807, 2.05) is 0 Å². The molecule has 0 saturated carbocycles. The van der Waals surface area contributed by atoms with Gasteiger partial charge in [-0.25, -0.2) is 0 Å². The van der Waals surface area contributed by atoms with Crippen LogP contribution in [0.4, 0.5) is 0 Å². The Morgan fingerprint density at radius 3 is 2.31 bits per heavy atom. The maximum Gasteiger partial charge on any atom is 0.0805 e. The maximum absolute atomic E-state index is 3.90. The summed E-state index contributed by atoms with van der Waals surface area (Å²) in [7, 11) is -1.14. The predicted octanol–water partition coefficient (Wildman–Crippen LogP) is 3.22. The fourth-order valence-electron chi connectivity index (χ4n) is 1.60. The lowest BCUT2D eigenvalue weighted by Gasteiger charge is -2.23. The summed E-state index contributed by atoms with van der Waals surface area (Å²) in [6.45, 7) is 8.79. The fraction of sp³-hybridized carbons (Fsp3) is 0.417. The van der Waals surface area contributed by atoms with E-state index in [-0.39, 0.29) is 0 Å². The predicted molar refractivity (Wildman–Crippen MR) is 63.0 cm³/mol. The fourth-order valence-corrected chi connectivity index (χ4v) is 4.12. The molecule has 0 spiro atoms. The van der Waals surface area contributed by atoms with Gasteiger partial charge in [-0.05, 0) is 0 Å². The minimum atomic E-state index is -1.14. The van der Waals surface area contributed by atoms with E-state index in [0.717, 1.165) is 6.42 Å². The van der Waals surface area contributed by atoms with Gasteiger partial charge in [-0.2, -0.15) is 6.42 Å². The first-order chi connectivity index (χ1) is 6.17. The largest absolute Gasteiger partial charge is 0.343 e. The highest BCUT2D eigenvalue weighted by Crippen LogP contribution is 2.13. The molecule has 1 rings (SSSR count). The van der Waals surface area contributed by atoms with Crippen LogP contribution < -0.4 is 5.19 Å². The summed E-state index contributed by atoms with van der Waals surface area (Å²) in [4.78, 5) is 0. The normalized spacial score (nSPS) is 11.6. The van der Waals surface area contributed by atoms with Crippen LogP contribution in [0.2, 0.25) is 19.1 Å². The molecule has 0 radical (unpaired) electrons. The molecule has 0 N–H and O–H groups in total. The average molecular weight is 191 g/mol. The summed E-state index contributed by atoms with van der Waals surface area (Å²) in [6, 6.07) is 12.3. The van der Waals surface area contributed by atoms with Crippen molar-refractivity contribution < 1.29 is 0 Å². The number of unbranched alkanes of at least 4 members (excludes halogenated alkanes) is 1. The van der Waals surface area contributed by atoms with Crippen LogP contribution in [-0.4, -0.2) is 8.07 Å². The third-order valence-electron chi connectivity index (χ3n) is 2.61. The maximum atomic E-state index is 3.90. The van der Waals surface area contributed by atoms with E-state index in [0.29, 0.717) is 0 Å². The van der Waals surface area contributed by atoms with Crippen LogP contribution in [-0.2, 0) is 0 Å². The number of hydrogen-bond acceptors (Lipinski definition) is 0. The van der Waals surface area contributed by atoms with Crippen molar-refractivity contribution in [1.82, 2.24) is 0 Å². The smallest absolute Gasteiger partial charge is 0.0805 e. The Morgan fingerprint density at radius 1 is 1.15 bits per heavy atom. The SMILES string of the molecule is [CH2-]CCC[Si](C)(C)c1ccccc1. The minimum Gasteiger partial charge on any atom is -0.343 e. The lowest BCUT2D eigenvalue weighted by atomic mass is 10.4. The van der Waals surface area contributed by atoms with Crippen LogP contribution in [0.3, 0.4) is 0 Å². The first-order valence-corrected chi connectivity index (χ1v) is 8.22. The lowest BCUT2D eigenvalue weighted by molar-refractivity contribution is 0.935. The monoisotopic (exact) mass is 191 g/mol. The van der Waals surface area contributed by atoms with Crippen LogP contribution in [0.5, 0.6) is 0 Å². The molecule has 0 heterocycles. The Balaban J connectivity index is 2.69. The second kappa shape index (κ2) is 4.61. The molecule has 1 heteroatoms. The van der Waals surface area contributed by atoms with E-state index in [4.69, 9.17) is 0 Å². The zero-order chi connectivity index (χ0) is 9.73. The summed E-state index contributed by atoms with van der Waals surface area (Å²) < 4.78 is 0. The molecular formula is C12H19Si-. The highest BCUT2D eigenvalue weighted by atomic mass is 28.3. The van der Waals surface area contributed by atoms with Gasteiger partial charge in [0.2, 0.25) is 0 Å². The zero-order valence-electron chi connectivity index (χ0n) is 8.72. The molecule has 0 unspecified atom stereocenters. The molecule has 0 saturated heterocycles. The standard InChI is InChI=1S/C12H19Si/c1-4-5-11-13(2,3)12-9-7-6-8-10-12/h6-10H,1,4-5,11H2,2-3H3/q-1. The van der Waals surface area contributed by atoms with Crippen molar-refractivity contribution >= 4 is 13.3 Å². The molecule has 72 valence electrons. The molecule has 0 amide bonds. The summed E-state index contributed by atoms with van der Waals surface area (Å²) in [5.41, 5.74) is 0. The average Bonchev–Trinajstić information content (AvgIpc) is 2.16. The van der Waals surface area contributed by atoms with Gasteiger partial charge < -0.3 is 6.92 Å². The van der Waals surface area contributed by atoms with E-state index in [1.54, 1.807) is 5.19 Å². The third kappa shape index (κ3) is 3.00. The van der Waals surface area contributed by atoms with Crippen molar-refractivity contribution in [3.63, 3.8) is 0 Å². The number of rotatable bonds is 4. The Hall–Kier alpha value is -0.563. The second-order valence-electron chi connectivity index (χ2n) is 4.21. The summed E-state index contributed by atoms with van der Waals surface area (Å²) in [6.07, 6.45) is 2.34. The van der Waals surface area contributed by atoms with Gasteiger partial charge in [-0.1, -0.05) is 61.1 Å². The van der Waals surface area contributed by atoms with Gasteiger partial charge in [0.05, 0.1) is 8.07 Å². The molecule has 0 nitrogen and oxygen atoms in total. The Kier molecular flexibility index (Phi) is 3.73. The van der Waals surface area contributed by atoms with Gasteiger partial charge in [-0.15, -0.1) is 0 Å². The van der Waals surface area contributed by atoms with E-state index in [2.05, 4.69) is 50.3 Å². The molecule has 0 fully saturated rings. The number of hydrogen-bond donors (Lipinski definition) is 0. The van der Waals surface area contributed by atoms with Crippen LogP contribution in [0.15, 0.2) is 30.3 Å².